The summed E-state index contributed by atoms with van der Waals surface area (Å²) in [5.74, 6) is -0.175. The highest BCUT2D eigenvalue weighted by Crippen LogP contribution is 2.49. The van der Waals surface area contributed by atoms with Gasteiger partial charge in [-0.2, -0.15) is 0 Å². The lowest BCUT2D eigenvalue weighted by Gasteiger charge is -2.12. The highest BCUT2D eigenvalue weighted by molar-refractivity contribution is 7.15. The monoisotopic (exact) mass is 412 g/mol. The van der Waals surface area contributed by atoms with Gasteiger partial charge >= 0.3 is 5.97 Å². The van der Waals surface area contributed by atoms with Crippen molar-refractivity contribution in [1.29, 1.82) is 0 Å². The third kappa shape index (κ3) is 3.76. The highest BCUT2D eigenvalue weighted by Gasteiger charge is 2.25. The molecule has 1 aliphatic rings. The number of carboxylic acid groups (broad SMARTS) is 1. The van der Waals surface area contributed by atoms with Gasteiger partial charge in [0, 0.05) is 39.5 Å². The molecule has 3 aromatic rings. The van der Waals surface area contributed by atoms with Crippen LogP contribution in [0.25, 0.3) is 16.7 Å². The van der Waals surface area contributed by atoms with E-state index < -0.39 is 12.1 Å². The predicted octanol–water partition coefficient (Wildman–Crippen LogP) is 5.33. The zero-order valence-electron chi connectivity index (χ0n) is 15.4. The number of benzene rings is 1. The molecule has 28 heavy (non-hydrogen) atoms. The van der Waals surface area contributed by atoms with Gasteiger partial charge in [0.05, 0.1) is 0 Å². The number of carbonyl (C=O) groups is 1. The van der Waals surface area contributed by atoms with Gasteiger partial charge in [-0.3, -0.25) is 0 Å². The molecule has 4 nitrogen and oxygen atoms in total. The Morgan fingerprint density at radius 1 is 1.07 bits per heavy atom. The molecule has 6 heteroatoms. The predicted molar refractivity (Wildman–Crippen MR) is 113 cm³/mol. The van der Waals surface area contributed by atoms with E-state index in [-0.39, 0.29) is 0 Å². The van der Waals surface area contributed by atoms with Gasteiger partial charge in [0.15, 0.2) is 6.10 Å². The van der Waals surface area contributed by atoms with Crippen LogP contribution in [0.3, 0.4) is 0 Å². The van der Waals surface area contributed by atoms with E-state index in [1.165, 1.54) is 26.5 Å². The maximum atomic E-state index is 11.2. The molecule has 0 saturated heterocycles. The van der Waals surface area contributed by atoms with E-state index >= 15 is 0 Å². The van der Waals surface area contributed by atoms with Crippen LogP contribution in [0.15, 0.2) is 53.2 Å². The van der Waals surface area contributed by atoms with Gasteiger partial charge < -0.3 is 14.6 Å². The van der Waals surface area contributed by atoms with Gasteiger partial charge in [0.25, 0.3) is 0 Å². The van der Waals surface area contributed by atoms with E-state index in [0.29, 0.717) is 19.6 Å². The minimum Gasteiger partial charge on any atom is -0.490 e. The molecule has 0 aliphatic heterocycles. The first-order valence-electron chi connectivity index (χ1n) is 9.09. The third-order valence-corrected chi connectivity index (χ3v) is 6.53. The number of ether oxygens (including phenoxy) is 2. The van der Waals surface area contributed by atoms with Crippen molar-refractivity contribution < 1.29 is 19.4 Å². The second-order valence-corrected chi connectivity index (χ2v) is 8.22. The molecule has 1 aliphatic carbocycles. The summed E-state index contributed by atoms with van der Waals surface area (Å²) in [4.78, 5) is 13.8. The smallest absolute Gasteiger partial charge is 0.333 e. The quantitative estimate of drug-likeness (QED) is 0.425. The van der Waals surface area contributed by atoms with Gasteiger partial charge in [-0.1, -0.05) is 12.1 Å². The van der Waals surface area contributed by atoms with Crippen molar-refractivity contribution in [3.05, 3.63) is 68.6 Å². The topological polar surface area (TPSA) is 55.8 Å². The van der Waals surface area contributed by atoms with Crippen LogP contribution in [0, 0.1) is 0 Å². The van der Waals surface area contributed by atoms with Crippen molar-refractivity contribution in [3.63, 3.8) is 0 Å². The number of carboxylic acids is 1. The van der Waals surface area contributed by atoms with E-state index in [1.54, 1.807) is 29.6 Å². The number of thiophene rings is 2. The first kappa shape index (κ1) is 18.9. The Morgan fingerprint density at radius 3 is 2.29 bits per heavy atom. The van der Waals surface area contributed by atoms with Crippen LogP contribution >= 0.6 is 22.7 Å². The largest absolute Gasteiger partial charge is 0.490 e. The fourth-order valence-electron chi connectivity index (χ4n) is 3.32. The Labute approximate surface area is 171 Å². The maximum Gasteiger partial charge on any atom is 0.333 e. The van der Waals surface area contributed by atoms with Gasteiger partial charge in [0.2, 0.25) is 0 Å². The molecule has 0 fully saturated rings. The van der Waals surface area contributed by atoms with Crippen LogP contribution in [0.5, 0.6) is 5.75 Å². The molecule has 0 saturated carbocycles. The molecular formula is C22H20O4S2. The summed E-state index contributed by atoms with van der Waals surface area (Å²) in [5.41, 5.74) is 4.81. The normalized spacial score (nSPS) is 13.1. The zero-order valence-corrected chi connectivity index (χ0v) is 17.0. The molecule has 0 spiro atoms. The van der Waals surface area contributed by atoms with Crippen molar-refractivity contribution in [1.82, 2.24) is 0 Å². The fraction of sp³-hybridized carbons (Fsp3) is 0.227. The first-order valence-corrected chi connectivity index (χ1v) is 10.9. The van der Waals surface area contributed by atoms with Gasteiger partial charge in [-0.15, -0.1) is 22.7 Å². The average Bonchev–Trinajstić information content (AvgIpc) is 3.39. The summed E-state index contributed by atoms with van der Waals surface area (Å²) in [6, 6.07) is 11.9. The molecule has 1 aromatic carbocycles. The van der Waals surface area contributed by atoms with Gasteiger partial charge in [0.1, 0.15) is 12.4 Å². The highest BCUT2D eigenvalue weighted by atomic mass is 32.1. The second kappa shape index (κ2) is 8.31. The lowest BCUT2D eigenvalue weighted by molar-refractivity contribution is -0.149. The average molecular weight is 413 g/mol. The summed E-state index contributed by atoms with van der Waals surface area (Å²) in [5, 5.41) is 13.5. The minimum atomic E-state index is -0.939. The molecule has 0 amide bonds. The first-order chi connectivity index (χ1) is 13.7. The number of hydrogen-bond donors (Lipinski definition) is 1. The molecule has 0 bridgehead atoms. The molecule has 2 aromatic heterocycles. The van der Waals surface area contributed by atoms with Crippen LogP contribution in [0.4, 0.5) is 0 Å². The molecular weight excluding hydrogens is 392 g/mol. The van der Waals surface area contributed by atoms with Crippen LogP contribution in [0.1, 0.15) is 22.2 Å². The molecule has 4 rings (SSSR count). The van der Waals surface area contributed by atoms with Crippen LogP contribution in [-0.2, 0) is 16.0 Å². The Bertz CT molecular complexity index is 955. The lowest BCUT2D eigenvalue weighted by Crippen LogP contribution is -2.26. The van der Waals surface area contributed by atoms with Gasteiger partial charge in [-0.25, -0.2) is 4.79 Å². The Hall–Kier alpha value is -2.41. The Morgan fingerprint density at radius 2 is 1.71 bits per heavy atom. The molecule has 2 heterocycles. The van der Waals surface area contributed by atoms with Crippen LogP contribution in [0.2, 0.25) is 0 Å². The van der Waals surface area contributed by atoms with Crippen LogP contribution in [-0.4, -0.2) is 30.4 Å². The summed E-state index contributed by atoms with van der Waals surface area (Å²) < 4.78 is 11.2. The molecule has 0 radical (unpaired) electrons. The standard InChI is InChI=1S/C22H20O4S2/c1-2-25-19(22(23)24)13-14-3-5-15(6-4-14)26-10-7-18-20-16(8-11-27-20)17-9-12-28-21(17)18/h3-9,11-12,19H,2,10,13H2,1H3,(H,23,24). The third-order valence-electron chi connectivity index (χ3n) is 4.64. The summed E-state index contributed by atoms with van der Waals surface area (Å²) in [6.07, 6.45) is 1.67. The van der Waals surface area contributed by atoms with Crippen molar-refractivity contribution in [2.75, 3.05) is 13.2 Å². The second-order valence-electron chi connectivity index (χ2n) is 6.39. The Kier molecular flexibility index (Phi) is 5.62. The molecule has 1 atom stereocenters. The zero-order chi connectivity index (χ0) is 19.5. The van der Waals surface area contributed by atoms with Crippen molar-refractivity contribution in [3.8, 4) is 16.9 Å². The Balaban J connectivity index is 1.40. The summed E-state index contributed by atoms with van der Waals surface area (Å²) in [7, 11) is 0. The number of hydrogen-bond acceptors (Lipinski definition) is 5. The van der Waals surface area contributed by atoms with Crippen LogP contribution < -0.4 is 4.74 Å². The molecule has 1 unspecified atom stereocenters. The molecule has 144 valence electrons. The van der Waals surface area contributed by atoms with Gasteiger partial charge in [-0.05, 0) is 53.6 Å². The summed E-state index contributed by atoms with van der Waals surface area (Å²) >= 11 is 3.53. The van der Waals surface area contributed by atoms with E-state index in [0.717, 1.165) is 11.3 Å². The van der Waals surface area contributed by atoms with Crippen molar-refractivity contribution in [2.24, 2.45) is 0 Å². The molecule has 1 N–H and O–H groups in total. The minimum absolute atomic E-state index is 0.343. The SMILES string of the molecule is CCOC(Cc1ccc(OCC=C2c3sccc3-c3ccsc32)cc1)C(=O)O. The number of fused-ring (bicyclic) bond motifs is 3. The number of rotatable bonds is 8. The van der Waals surface area contributed by atoms with E-state index in [9.17, 15) is 9.90 Å². The lowest BCUT2D eigenvalue weighted by atomic mass is 10.1. The van der Waals surface area contributed by atoms with E-state index in [4.69, 9.17) is 9.47 Å². The van der Waals surface area contributed by atoms with Crippen molar-refractivity contribution >= 4 is 34.2 Å². The summed E-state index contributed by atoms with van der Waals surface area (Å²) in [6.45, 7) is 2.66. The number of aliphatic carboxylic acids is 1. The van der Waals surface area contributed by atoms with Crippen molar-refractivity contribution in [2.45, 2.75) is 19.4 Å². The fourth-order valence-corrected chi connectivity index (χ4v) is 5.30. The van der Waals surface area contributed by atoms with E-state index in [1.807, 2.05) is 24.3 Å². The van der Waals surface area contributed by atoms with E-state index in [2.05, 4.69) is 29.0 Å². The maximum absolute atomic E-state index is 11.2.